The monoisotopic (exact) mass is 221 g/mol. The van der Waals surface area contributed by atoms with Gasteiger partial charge in [-0.3, -0.25) is 0 Å². The summed E-state index contributed by atoms with van der Waals surface area (Å²) in [6.45, 7) is 6.76. The minimum absolute atomic E-state index is 0.486. The first-order valence-electron chi connectivity index (χ1n) is 5.91. The fourth-order valence-electron chi connectivity index (χ4n) is 2.29. The molecule has 90 valence electrons. The van der Waals surface area contributed by atoms with Crippen LogP contribution in [0.1, 0.15) is 32.3 Å². The van der Waals surface area contributed by atoms with E-state index in [1.165, 1.54) is 5.56 Å². The molecule has 16 heavy (non-hydrogen) atoms. The van der Waals surface area contributed by atoms with Crippen LogP contribution >= 0.6 is 0 Å². The van der Waals surface area contributed by atoms with E-state index in [0.29, 0.717) is 17.9 Å². The molecule has 0 radical (unpaired) electrons. The third-order valence-electron chi connectivity index (χ3n) is 3.21. The number of methoxy groups -OCH3 is 1. The van der Waals surface area contributed by atoms with Gasteiger partial charge in [0.25, 0.3) is 0 Å². The van der Waals surface area contributed by atoms with Crippen LogP contribution in [-0.2, 0) is 0 Å². The second-order valence-electron chi connectivity index (χ2n) is 4.62. The molecule has 2 nitrogen and oxygen atoms in total. The predicted molar refractivity (Wildman–Crippen MR) is 69.1 cm³/mol. The molecule has 0 heterocycles. The van der Waals surface area contributed by atoms with Gasteiger partial charge >= 0.3 is 0 Å². The smallest absolute Gasteiger partial charge is 0.119 e. The van der Waals surface area contributed by atoms with Crippen molar-refractivity contribution in [3.05, 3.63) is 29.8 Å². The van der Waals surface area contributed by atoms with Gasteiger partial charge in [0.05, 0.1) is 7.11 Å². The summed E-state index contributed by atoms with van der Waals surface area (Å²) >= 11 is 0. The molecule has 0 saturated carbocycles. The molecule has 0 fully saturated rings. The third kappa shape index (κ3) is 2.99. The lowest BCUT2D eigenvalue weighted by molar-refractivity contribution is 0.374. The molecule has 2 heteroatoms. The van der Waals surface area contributed by atoms with Crippen LogP contribution in [0.3, 0.4) is 0 Å². The van der Waals surface area contributed by atoms with Crippen LogP contribution in [0.25, 0.3) is 0 Å². The highest BCUT2D eigenvalue weighted by molar-refractivity contribution is 5.31. The highest BCUT2D eigenvalue weighted by Crippen LogP contribution is 2.26. The zero-order valence-electron chi connectivity index (χ0n) is 10.9. The molecule has 1 rings (SSSR count). The number of rotatable bonds is 5. The molecular formula is C14H23NO. The Morgan fingerprint density at radius 3 is 2.38 bits per heavy atom. The van der Waals surface area contributed by atoms with E-state index in [-0.39, 0.29) is 0 Å². The largest absolute Gasteiger partial charge is 0.497 e. The average Bonchev–Trinajstić information content (AvgIpc) is 2.29. The molecule has 1 aromatic rings. The average molecular weight is 221 g/mol. The Morgan fingerprint density at radius 2 is 1.88 bits per heavy atom. The quantitative estimate of drug-likeness (QED) is 0.825. The van der Waals surface area contributed by atoms with Crippen molar-refractivity contribution >= 4 is 0 Å². The topological polar surface area (TPSA) is 21.3 Å². The molecule has 1 N–H and O–H groups in total. The van der Waals surface area contributed by atoms with Crippen molar-refractivity contribution in [3.63, 3.8) is 0 Å². The molecule has 2 unspecified atom stereocenters. The summed E-state index contributed by atoms with van der Waals surface area (Å²) in [5.41, 5.74) is 1.33. The second-order valence-corrected chi connectivity index (χ2v) is 4.62. The maximum Gasteiger partial charge on any atom is 0.119 e. The van der Waals surface area contributed by atoms with Crippen LogP contribution in [0, 0.1) is 5.92 Å². The zero-order chi connectivity index (χ0) is 12.1. The number of hydrogen-bond donors (Lipinski definition) is 1. The van der Waals surface area contributed by atoms with Gasteiger partial charge in [-0.15, -0.1) is 0 Å². The molecule has 0 aliphatic carbocycles. The normalized spacial score (nSPS) is 14.9. The lowest BCUT2D eigenvalue weighted by atomic mass is 9.86. The summed E-state index contributed by atoms with van der Waals surface area (Å²) in [4.78, 5) is 0. The van der Waals surface area contributed by atoms with Gasteiger partial charge in [-0.25, -0.2) is 0 Å². The summed E-state index contributed by atoms with van der Waals surface area (Å²) in [7, 11) is 3.74. The Bertz CT molecular complexity index is 322. The first-order valence-corrected chi connectivity index (χ1v) is 5.91. The number of ether oxygens (including phenoxy) is 1. The van der Waals surface area contributed by atoms with Gasteiger partial charge in [-0.1, -0.05) is 32.9 Å². The lowest BCUT2D eigenvalue weighted by Crippen LogP contribution is -2.35. The first-order chi connectivity index (χ1) is 7.60. The standard InChI is InChI=1S/C14H23NO/c1-10(2)14(15-4)11(3)12-7-6-8-13(9-12)16-5/h6-11,14-15H,1-5H3. The van der Waals surface area contributed by atoms with E-state index >= 15 is 0 Å². The molecule has 0 amide bonds. The van der Waals surface area contributed by atoms with E-state index < -0.39 is 0 Å². The predicted octanol–water partition coefficient (Wildman–Crippen LogP) is 3.04. The molecule has 2 atom stereocenters. The Labute approximate surface area is 99.0 Å². The number of benzene rings is 1. The van der Waals surface area contributed by atoms with Crippen molar-refractivity contribution in [2.24, 2.45) is 5.92 Å². The molecule has 0 aromatic heterocycles. The van der Waals surface area contributed by atoms with E-state index in [2.05, 4.69) is 44.3 Å². The van der Waals surface area contributed by atoms with Crippen LogP contribution in [0.2, 0.25) is 0 Å². The van der Waals surface area contributed by atoms with E-state index in [4.69, 9.17) is 4.74 Å². The minimum atomic E-state index is 0.486. The molecule has 1 aromatic carbocycles. The van der Waals surface area contributed by atoms with Crippen molar-refractivity contribution in [2.75, 3.05) is 14.2 Å². The summed E-state index contributed by atoms with van der Waals surface area (Å²) in [6.07, 6.45) is 0. The molecule has 0 saturated heterocycles. The first kappa shape index (κ1) is 13.0. The highest BCUT2D eigenvalue weighted by atomic mass is 16.5. The molecule has 0 bridgehead atoms. The van der Waals surface area contributed by atoms with Crippen molar-refractivity contribution in [3.8, 4) is 5.75 Å². The zero-order valence-corrected chi connectivity index (χ0v) is 10.9. The van der Waals surface area contributed by atoms with Crippen molar-refractivity contribution < 1.29 is 4.74 Å². The van der Waals surface area contributed by atoms with Crippen molar-refractivity contribution in [1.82, 2.24) is 5.32 Å². The van der Waals surface area contributed by atoms with Gasteiger partial charge in [-0.05, 0) is 36.6 Å². The van der Waals surface area contributed by atoms with E-state index in [1.807, 2.05) is 13.1 Å². The number of likely N-dealkylation sites (N-methyl/N-ethyl adjacent to an activating group) is 1. The number of nitrogens with one attached hydrogen (secondary N) is 1. The Balaban J connectivity index is 2.89. The highest BCUT2D eigenvalue weighted by Gasteiger charge is 2.20. The fourth-order valence-corrected chi connectivity index (χ4v) is 2.29. The van der Waals surface area contributed by atoms with E-state index in [1.54, 1.807) is 7.11 Å². The van der Waals surface area contributed by atoms with Crippen LogP contribution in [0.15, 0.2) is 24.3 Å². The van der Waals surface area contributed by atoms with Crippen LogP contribution in [0.4, 0.5) is 0 Å². The summed E-state index contributed by atoms with van der Waals surface area (Å²) in [6, 6.07) is 8.82. The van der Waals surface area contributed by atoms with Gasteiger partial charge in [0.2, 0.25) is 0 Å². The molecule has 0 spiro atoms. The summed E-state index contributed by atoms with van der Waals surface area (Å²) in [5, 5.41) is 3.40. The number of hydrogen-bond acceptors (Lipinski definition) is 2. The van der Waals surface area contributed by atoms with E-state index in [9.17, 15) is 0 Å². The Morgan fingerprint density at radius 1 is 1.19 bits per heavy atom. The second kappa shape index (κ2) is 5.90. The molecular weight excluding hydrogens is 198 g/mol. The van der Waals surface area contributed by atoms with Crippen LogP contribution < -0.4 is 10.1 Å². The Hall–Kier alpha value is -1.02. The summed E-state index contributed by atoms with van der Waals surface area (Å²) in [5.74, 6) is 2.04. The van der Waals surface area contributed by atoms with Gasteiger partial charge in [-0.2, -0.15) is 0 Å². The van der Waals surface area contributed by atoms with Crippen molar-refractivity contribution in [2.45, 2.75) is 32.7 Å². The van der Waals surface area contributed by atoms with Gasteiger partial charge in [0.15, 0.2) is 0 Å². The Kier molecular flexibility index (Phi) is 4.81. The van der Waals surface area contributed by atoms with Gasteiger partial charge in [0.1, 0.15) is 5.75 Å². The third-order valence-corrected chi connectivity index (χ3v) is 3.21. The van der Waals surface area contributed by atoms with Crippen molar-refractivity contribution in [1.29, 1.82) is 0 Å². The fraction of sp³-hybridized carbons (Fsp3) is 0.571. The lowest BCUT2D eigenvalue weighted by Gasteiger charge is -2.27. The van der Waals surface area contributed by atoms with E-state index in [0.717, 1.165) is 5.75 Å². The maximum atomic E-state index is 5.26. The molecule has 0 aliphatic rings. The molecule has 0 aliphatic heterocycles. The van der Waals surface area contributed by atoms with Gasteiger partial charge < -0.3 is 10.1 Å². The SMILES string of the molecule is CNC(C(C)C)C(C)c1cccc(OC)c1. The van der Waals surface area contributed by atoms with Gasteiger partial charge in [0, 0.05) is 6.04 Å². The maximum absolute atomic E-state index is 5.26. The van der Waals surface area contributed by atoms with Crippen LogP contribution in [-0.4, -0.2) is 20.2 Å². The summed E-state index contributed by atoms with van der Waals surface area (Å²) < 4.78 is 5.26. The van der Waals surface area contributed by atoms with Crippen LogP contribution in [0.5, 0.6) is 5.75 Å². The minimum Gasteiger partial charge on any atom is -0.497 e.